The molecule has 0 aliphatic heterocycles. The molecule has 202 valence electrons. The summed E-state index contributed by atoms with van der Waals surface area (Å²) in [5.41, 5.74) is 0.757. The number of anilines is 3. The highest BCUT2D eigenvalue weighted by Crippen LogP contribution is 2.31. The molecule has 4 aromatic rings. The Labute approximate surface area is 224 Å². The van der Waals surface area contributed by atoms with Crippen LogP contribution in [0.1, 0.15) is 28.4 Å². The van der Waals surface area contributed by atoms with Crippen LogP contribution >= 0.6 is 0 Å². The van der Waals surface area contributed by atoms with Crippen molar-refractivity contribution in [2.75, 3.05) is 22.5 Å². The molecule has 1 heterocycles. The van der Waals surface area contributed by atoms with Gasteiger partial charge in [0.2, 0.25) is 0 Å². The number of halogens is 3. The lowest BCUT2D eigenvalue weighted by molar-refractivity contribution is -0.137. The van der Waals surface area contributed by atoms with Gasteiger partial charge in [-0.25, -0.2) is 9.78 Å². The van der Waals surface area contributed by atoms with Crippen molar-refractivity contribution in [2.45, 2.75) is 19.6 Å². The number of carbonyl (C=O) groups is 2. The van der Waals surface area contributed by atoms with Crippen LogP contribution in [0.15, 0.2) is 103 Å². The Morgan fingerprint density at radius 2 is 1.51 bits per heavy atom. The minimum Gasteiger partial charge on any atom is -0.380 e. The number of nitrogens with one attached hydrogen (secondary N) is 4. The molecule has 39 heavy (non-hydrogen) atoms. The van der Waals surface area contributed by atoms with Gasteiger partial charge in [0, 0.05) is 30.7 Å². The molecule has 0 atom stereocenters. The number of rotatable bonds is 7. The topological polar surface area (TPSA) is 95.2 Å². The standard InChI is InChI=1S/C23H22F3N5O2.C6H6/c1-2-27-22(33)31-20-12-15(10-11-28-20)14-29-19-9-4-3-8-18(19)21(32)30-17-7-5-6-16(13-17)23(24,25)26;1-2-4-6-5-3-1/h3-13,29H,2,14H2,1H3,(H,30,32)(H2,27,28,31,33);1-6H. The van der Waals surface area contributed by atoms with Gasteiger partial charge in [0.1, 0.15) is 5.82 Å². The number of nitrogens with zero attached hydrogens (tertiary/aromatic N) is 1. The minimum absolute atomic E-state index is 0.0415. The quantitative estimate of drug-likeness (QED) is 0.210. The first-order valence-corrected chi connectivity index (χ1v) is 12.1. The molecule has 0 spiro atoms. The zero-order valence-electron chi connectivity index (χ0n) is 21.1. The smallest absolute Gasteiger partial charge is 0.380 e. The monoisotopic (exact) mass is 535 g/mol. The molecule has 10 heteroatoms. The largest absolute Gasteiger partial charge is 0.416 e. The lowest BCUT2D eigenvalue weighted by Gasteiger charge is -2.14. The molecule has 0 bridgehead atoms. The Hall–Kier alpha value is -4.86. The summed E-state index contributed by atoms with van der Waals surface area (Å²) in [4.78, 5) is 28.5. The zero-order chi connectivity index (χ0) is 28.1. The SMILES string of the molecule is CCNC(=O)Nc1cc(CNc2ccccc2C(=O)Nc2cccc(C(F)(F)F)c2)ccn1.c1ccccc1. The number of alkyl halides is 3. The van der Waals surface area contributed by atoms with E-state index in [9.17, 15) is 22.8 Å². The van der Waals surface area contributed by atoms with Crippen LogP contribution in [0.3, 0.4) is 0 Å². The van der Waals surface area contributed by atoms with E-state index in [1.165, 1.54) is 12.1 Å². The molecule has 1 aromatic heterocycles. The number of hydrogen-bond acceptors (Lipinski definition) is 4. The lowest BCUT2D eigenvalue weighted by Crippen LogP contribution is -2.28. The van der Waals surface area contributed by atoms with E-state index in [-0.39, 0.29) is 17.3 Å². The van der Waals surface area contributed by atoms with E-state index in [1.807, 2.05) is 36.4 Å². The summed E-state index contributed by atoms with van der Waals surface area (Å²) in [6.45, 7) is 2.60. The summed E-state index contributed by atoms with van der Waals surface area (Å²) in [5, 5.41) is 10.9. The van der Waals surface area contributed by atoms with Gasteiger partial charge in [0.05, 0.1) is 11.1 Å². The van der Waals surface area contributed by atoms with E-state index in [2.05, 4.69) is 26.3 Å². The van der Waals surface area contributed by atoms with Crippen molar-refractivity contribution in [1.82, 2.24) is 10.3 Å². The van der Waals surface area contributed by atoms with Gasteiger partial charge < -0.3 is 16.0 Å². The number of carbonyl (C=O) groups excluding carboxylic acids is 2. The molecule has 4 N–H and O–H groups in total. The Morgan fingerprint density at radius 1 is 0.821 bits per heavy atom. The molecule has 0 saturated carbocycles. The van der Waals surface area contributed by atoms with Crippen molar-refractivity contribution in [3.8, 4) is 0 Å². The first kappa shape index (κ1) is 28.7. The van der Waals surface area contributed by atoms with Crippen molar-refractivity contribution < 1.29 is 22.8 Å². The van der Waals surface area contributed by atoms with Crippen LogP contribution in [0.25, 0.3) is 0 Å². The summed E-state index contributed by atoms with van der Waals surface area (Å²) in [5.74, 6) is -0.179. The number of pyridine rings is 1. The first-order valence-electron chi connectivity index (χ1n) is 12.1. The number of urea groups is 1. The molecule has 0 aliphatic rings. The van der Waals surface area contributed by atoms with Gasteiger partial charge in [-0.05, 0) is 55.0 Å². The van der Waals surface area contributed by atoms with E-state index in [1.54, 1.807) is 49.5 Å². The van der Waals surface area contributed by atoms with Crippen LogP contribution in [0.5, 0.6) is 0 Å². The highest BCUT2D eigenvalue weighted by atomic mass is 19.4. The van der Waals surface area contributed by atoms with Crippen LogP contribution in [0, 0.1) is 0 Å². The van der Waals surface area contributed by atoms with Crippen molar-refractivity contribution in [3.63, 3.8) is 0 Å². The minimum atomic E-state index is -4.50. The van der Waals surface area contributed by atoms with Gasteiger partial charge in [0.15, 0.2) is 0 Å². The Kier molecular flexibility index (Phi) is 10.4. The molecular formula is C29H28F3N5O2. The third-order valence-electron chi connectivity index (χ3n) is 5.17. The third kappa shape index (κ3) is 9.51. The second kappa shape index (κ2) is 14.2. The van der Waals surface area contributed by atoms with Crippen LogP contribution < -0.4 is 21.3 Å². The van der Waals surface area contributed by atoms with Crippen LogP contribution in [-0.2, 0) is 12.7 Å². The number of para-hydroxylation sites is 1. The highest BCUT2D eigenvalue weighted by Gasteiger charge is 2.30. The average molecular weight is 536 g/mol. The maximum absolute atomic E-state index is 12.9. The van der Waals surface area contributed by atoms with Crippen LogP contribution in [0.4, 0.5) is 35.2 Å². The fourth-order valence-corrected chi connectivity index (χ4v) is 3.36. The van der Waals surface area contributed by atoms with E-state index >= 15 is 0 Å². The van der Waals surface area contributed by atoms with Gasteiger partial charge in [-0.2, -0.15) is 13.2 Å². The molecule has 3 aromatic carbocycles. The van der Waals surface area contributed by atoms with E-state index in [0.29, 0.717) is 24.6 Å². The van der Waals surface area contributed by atoms with E-state index in [4.69, 9.17) is 0 Å². The summed E-state index contributed by atoms with van der Waals surface area (Å²) in [7, 11) is 0. The number of benzene rings is 3. The van der Waals surface area contributed by atoms with Crippen molar-refractivity contribution >= 4 is 29.1 Å². The predicted octanol–water partition coefficient (Wildman–Crippen LogP) is 6.79. The Balaban J connectivity index is 0.000000617. The molecule has 0 radical (unpaired) electrons. The van der Waals surface area contributed by atoms with Crippen LogP contribution in [0.2, 0.25) is 0 Å². The highest BCUT2D eigenvalue weighted by molar-refractivity contribution is 6.08. The molecule has 0 saturated heterocycles. The van der Waals surface area contributed by atoms with Gasteiger partial charge in [-0.1, -0.05) is 54.6 Å². The van der Waals surface area contributed by atoms with Gasteiger partial charge >= 0.3 is 12.2 Å². The second-order valence-corrected chi connectivity index (χ2v) is 8.12. The van der Waals surface area contributed by atoms with Crippen molar-refractivity contribution in [2.24, 2.45) is 0 Å². The second-order valence-electron chi connectivity index (χ2n) is 8.12. The van der Waals surface area contributed by atoms with Gasteiger partial charge in [-0.15, -0.1) is 0 Å². The summed E-state index contributed by atoms with van der Waals surface area (Å²) in [6.07, 6.45) is -2.96. The fourth-order valence-electron chi connectivity index (χ4n) is 3.36. The molecule has 0 aliphatic carbocycles. The van der Waals surface area contributed by atoms with Gasteiger partial charge in [-0.3, -0.25) is 10.1 Å². The van der Waals surface area contributed by atoms with E-state index < -0.39 is 17.6 Å². The first-order chi connectivity index (χ1) is 18.8. The molecule has 4 rings (SSSR count). The summed E-state index contributed by atoms with van der Waals surface area (Å²) < 4.78 is 38.8. The fraction of sp³-hybridized carbons (Fsp3) is 0.138. The molecule has 0 fully saturated rings. The molecule has 0 unspecified atom stereocenters. The van der Waals surface area contributed by atoms with Crippen molar-refractivity contribution in [1.29, 1.82) is 0 Å². The predicted molar refractivity (Wildman–Crippen MR) is 147 cm³/mol. The number of aromatic nitrogens is 1. The zero-order valence-corrected chi connectivity index (χ0v) is 21.1. The normalized spacial score (nSPS) is 10.5. The molecule has 7 nitrogen and oxygen atoms in total. The third-order valence-corrected chi connectivity index (χ3v) is 5.17. The maximum Gasteiger partial charge on any atom is 0.416 e. The molecular weight excluding hydrogens is 507 g/mol. The van der Waals surface area contributed by atoms with Gasteiger partial charge in [0.25, 0.3) is 5.91 Å². The summed E-state index contributed by atoms with van der Waals surface area (Å²) in [6, 6.07) is 26.2. The average Bonchev–Trinajstić information content (AvgIpc) is 2.93. The lowest BCUT2D eigenvalue weighted by atomic mass is 10.1. The number of amides is 3. The Bertz CT molecular complexity index is 1340. The summed E-state index contributed by atoms with van der Waals surface area (Å²) >= 11 is 0. The number of hydrogen-bond donors (Lipinski definition) is 4. The Morgan fingerprint density at radius 3 is 2.18 bits per heavy atom. The van der Waals surface area contributed by atoms with E-state index in [0.717, 1.165) is 17.7 Å². The van der Waals surface area contributed by atoms with Crippen molar-refractivity contribution in [3.05, 3.63) is 120 Å². The van der Waals surface area contributed by atoms with Crippen LogP contribution in [-0.4, -0.2) is 23.5 Å². The maximum atomic E-state index is 12.9. The molecule has 3 amide bonds.